The van der Waals surface area contributed by atoms with Crippen molar-refractivity contribution in [3.8, 4) is 0 Å². The van der Waals surface area contributed by atoms with Crippen LogP contribution in [0, 0.1) is 5.82 Å². The molecule has 128 valence electrons. The minimum Gasteiger partial charge on any atom is -0.378 e. The zero-order valence-electron chi connectivity index (χ0n) is 13.1. The van der Waals surface area contributed by atoms with Crippen molar-refractivity contribution < 1.29 is 22.4 Å². The number of halogens is 4. The molecule has 0 saturated carbocycles. The van der Waals surface area contributed by atoms with Crippen LogP contribution in [0.3, 0.4) is 0 Å². The largest absolute Gasteiger partial charge is 0.418 e. The fraction of sp³-hybridized carbons (Fsp3) is 0.235. The second-order valence-corrected chi connectivity index (χ2v) is 5.48. The first-order chi connectivity index (χ1) is 11.2. The Morgan fingerprint density at radius 2 is 1.83 bits per heavy atom. The van der Waals surface area contributed by atoms with Gasteiger partial charge < -0.3 is 10.2 Å². The van der Waals surface area contributed by atoms with E-state index in [1.165, 1.54) is 41.3 Å². The maximum absolute atomic E-state index is 13.2. The average molecular weight is 340 g/mol. The van der Waals surface area contributed by atoms with E-state index in [0.717, 1.165) is 6.07 Å². The molecule has 0 unspecified atom stereocenters. The van der Waals surface area contributed by atoms with Crippen LogP contribution >= 0.6 is 0 Å². The Balaban J connectivity index is 2.23. The van der Waals surface area contributed by atoms with Crippen molar-refractivity contribution in [2.24, 2.45) is 0 Å². The van der Waals surface area contributed by atoms with Crippen molar-refractivity contribution in [2.75, 3.05) is 24.3 Å². The molecule has 0 aliphatic carbocycles. The number of nitrogens with one attached hydrogen (secondary N) is 1. The molecule has 0 aliphatic rings. The fourth-order valence-electron chi connectivity index (χ4n) is 2.18. The lowest BCUT2D eigenvalue weighted by Crippen LogP contribution is -2.19. The molecule has 0 aliphatic heterocycles. The number of amides is 1. The van der Waals surface area contributed by atoms with Crippen LogP contribution in [0.4, 0.5) is 28.9 Å². The van der Waals surface area contributed by atoms with Crippen molar-refractivity contribution in [1.29, 1.82) is 0 Å². The van der Waals surface area contributed by atoms with Gasteiger partial charge in [0.15, 0.2) is 0 Å². The first-order valence-electron chi connectivity index (χ1n) is 7.09. The highest BCUT2D eigenvalue weighted by Crippen LogP contribution is 2.37. The smallest absolute Gasteiger partial charge is 0.378 e. The Morgan fingerprint density at radius 3 is 2.42 bits per heavy atom. The standard InChI is InChI=1S/C17H16F4N2O/c1-23(2)13-6-7-15(14(10-13)17(19,20)21)22-16(24)9-11-4-3-5-12(18)8-11/h3-8,10H,9H2,1-2H3,(H,22,24). The summed E-state index contributed by atoms with van der Waals surface area (Å²) in [5.74, 6) is -1.16. The Kier molecular flexibility index (Phi) is 5.11. The lowest BCUT2D eigenvalue weighted by atomic mass is 10.1. The molecule has 1 N–H and O–H groups in total. The molecule has 0 saturated heterocycles. The molecular formula is C17H16F4N2O. The third-order valence-corrected chi connectivity index (χ3v) is 3.35. The van der Waals surface area contributed by atoms with Gasteiger partial charge in [-0.2, -0.15) is 13.2 Å². The summed E-state index contributed by atoms with van der Waals surface area (Å²) in [6, 6.07) is 9.02. The summed E-state index contributed by atoms with van der Waals surface area (Å²) < 4.78 is 52.7. The molecule has 0 atom stereocenters. The van der Waals surface area contributed by atoms with Crippen molar-refractivity contribution in [3.05, 3.63) is 59.4 Å². The molecule has 2 aromatic carbocycles. The van der Waals surface area contributed by atoms with Gasteiger partial charge in [0.25, 0.3) is 0 Å². The van der Waals surface area contributed by atoms with Gasteiger partial charge in [0, 0.05) is 19.8 Å². The normalized spacial score (nSPS) is 11.2. The van der Waals surface area contributed by atoms with E-state index in [1.54, 1.807) is 14.1 Å². The van der Waals surface area contributed by atoms with Gasteiger partial charge in [-0.05, 0) is 35.9 Å². The predicted octanol–water partition coefficient (Wildman–Crippen LogP) is 4.09. The summed E-state index contributed by atoms with van der Waals surface area (Å²) >= 11 is 0. The highest BCUT2D eigenvalue weighted by molar-refractivity contribution is 5.93. The number of anilines is 2. The van der Waals surface area contributed by atoms with Crippen LogP contribution in [0.5, 0.6) is 0 Å². The van der Waals surface area contributed by atoms with Crippen LogP contribution in [0.2, 0.25) is 0 Å². The molecule has 0 radical (unpaired) electrons. The van der Waals surface area contributed by atoms with Crippen molar-refractivity contribution >= 4 is 17.3 Å². The summed E-state index contributed by atoms with van der Waals surface area (Å²) in [5.41, 5.74) is -0.507. The summed E-state index contributed by atoms with van der Waals surface area (Å²) in [6.45, 7) is 0. The van der Waals surface area contributed by atoms with Gasteiger partial charge in [-0.15, -0.1) is 0 Å². The van der Waals surface area contributed by atoms with Crippen LogP contribution in [-0.2, 0) is 17.4 Å². The maximum Gasteiger partial charge on any atom is 0.418 e. The number of hydrogen-bond acceptors (Lipinski definition) is 2. The summed E-state index contributed by atoms with van der Waals surface area (Å²) in [7, 11) is 3.25. The molecule has 0 heterocycles. The zero-order chi connectivity index (χ0) is 17.9. The number of hydrogen-bond donors (Lipinski definition) is 1. The maximum atomic E-state index is 13.2. The Bertz CT molecular complexity index is 742. The molecule has 7 heteroatoms. The summed E-state index contributed by atoms with van der Waals surface area (Å²) in [6.07, 6.45) is -4.82. The van der Waals surface area contributed by atoms with E-state index in [2.05, 4.69) is 5.32 Å². The van der Waals surface area contributed by atoms with Gasteiger partial charge in [-0.3, -0.25) is 4.79 Å². The lowest BCUT2D eigenvalue weighted by Gasteiger charge is -2.18. The minimum atomic E-state index is -4.60. The predicted molar refractivity (Wildman–Crippen MR) is 84.5 cm³/mol. The third-order valence-electron chi connectivity index (χ3n) is 3.35. The number of benzene rings is 2. The van der Waals surface area contributed by atoms with Crippen molar-refractivity contribution in [1.82, 2.24) is 0 Å². The summed E-state index contributed by atoms with van der Waals surface area (Å²) in [4.78, 5) is 13.5. The SMILES string of the molecule is CN(C)c1ccc(NC(=O)Cc2cccc(F)c2)c(C(F)(F)F)c1. The van der Waals surface area contributed by atoms with Crippen LogP contribution in [0.25, 0.3) is 0 Å². The molecule has 0 aromatic heterocycles. The highest BCUT2D eigenvalue weighted by atomic mass is 19.4. The van der Waals surface area contributed by atoms with Crippen LogP contribution < -0.4 is 10.2 Å². The molecular weight excluding hydrogens is 324 g/mol. The second-order valence-electron chi connectivity index (χ2n) is 5.48. The van der Waals surface area contributed by atoms with E-state index >= 15 is 0 Å². The molecule has 24 heavy (non-hydrogen) atoms. The fourth-order valence-corrected chi connectivity index (χ4v) is 2.18. The topological polar surface area (TPSA) is 32.3 Å². The minimum absolute atomic E-state index is 0.218. The van der Waals surface area contributed by atoms with E-state index < -0.39 is 23.5 Å². The summed E-state index contributed by atoms with van der Waals surface area (Å²) in [5, 5.41) is 2.25. The Morgan fingerprint density at radius 1 is 1.12 bits per heavy atom. The number of alkyl halides is 3. The first kappa shape index (κ1) is 17.8. The number of rotatable bonds is 4. The second kappa shape index (κ2) is 6.90. The molecule has 2 aromatic rings. The highest BCUT2D eigenvalue weighted by Gasteiger charge is 2.34. The van der Waals surface area contributed by atoms with Crippen LogP contribution in [-0.4, -0.2) is 20.0 Å². The molecule has 1 amide bonds. The molecule has 3 nitrogen and oxygen atoms in total. The molecule has 0 spiro atoms. The van der Waals surface area contributed by atoms with Gasteiger partial charge in [0.05, 0.1) is 17.7 Å². The number of nitrogens with zero attached hydrogens (tertiary/aromatic N) is 1. The van der Waals surface area contributed by atoms with E-state index in [1.807, 2.05) is 0 Å². The van der Waals surface area contributed by atoms with E-state index in [9.17, 15) is 22.4 Å². The lowest BCUT2D eigenvalue weighted by molar-refractivity contribution is -0.136. The Labute approximate surface area is 136 Å². The third kappa shape index (κ3) is 4.47. The van der Waals surface area contributed by atoms with E-state index in [0.29, 0.717) is 11.3 Å². The number of carbonyl (C=O) groups excluding carboxylic acids is 1. The first-order valence-corrected chi connectivity index (χ1v) is 7.09. The van der Waals surface area contributed by atoms with Gasteiger partial charge in [-0.1, -0.05) is 12.1 Å². The number of carbonyl (C=O) groups is 1. The Hall–Kier alpha value is -2.57. The van der Waals surface area contributed by atoms with E-state index in [4.69, 9.17) is 0 Å². The van der Waals surface area contributed by atoms with Gasteiger partial charge >= 0.3 is 6.18 Å². The van der Waals surface area contributed by atoms with Crippen molar-refractivity contribution in [2.45, 2.75) is 12.6 Å². The average Bonchev–Trinajstić information content (AvgIpc) is 2.46. The monoisotopic (exact) mass is 340 g/mol. The molecule has 2 rings (SSSR count). The van der Waals surface area contributed by atoms with Crippen molar-refractivity contribution in [3.63, 3.8) is 0 Å². The van der Waals surface area contributed by atoms with Gasteiger partial charge in [-0.25, -0.2) is 4.39 Å². The van der Waals surface area contributed by atoms with Gasteiger partial charge in [0.1, 0.15) is 5.82 Å². The molecule has 0 fully saturated rings. The van der Waals surface area contributed by atoms with Gasteiger partial charge in [0.2, 0.25) is 5.91 Å². The molecule has 0 bridgehead atoms. The van der Waals surface area contributed by atoms with Crippen LogP contribution in [0.15, 0.2) is 42.5 Å². The van der Waals surface area contributed by atoms with E-state index in [-0.39, 0.29) is 12.1 Å². The quantitative estimate of drug-likeness (QED) is 0.850. The van der Waals surface area contributed by atoms with Crippen LogP contribution in [0.1, 0.15) is 11.1 Å². The zero-order valence-corrected chi connectivity index (χ0v) is 13.1.